The molecule has 0 N–H and O–H groups in total. The molecule has 1 aromatic heterocycles. The van der Waals surface area contributed by atoms with Crippen LogP contribution in [0.15, 0.2) is 24.3 Å². The molecular formula is C20H21N5O3. The Balaban J connectivity index is 1.30. The Morgan fingerprint density at radius 2 is 1.93 bits per heavy atom. The van der Waals surface area contributed by atoms with Crippen molar-refractivity contribution in [1.82, 2.24) is 14.9 Å². The van der Waals surface area contributed by atoms with Gasteiger partial charge in [-0.05, 0) is 37.1 Å². The quantitative estimate of drug-likeness (QED) is 0.798. The first-order valence-electron chi connectivity index (χ1n) is 9.29. The molecule has 8 nitrogen and oxygen atoms in total. The van der Waals surface area contributed by atoms with Gasteiger partial charge in [0.1, 0.15) is 11.8 Å². The van der Waals surface area contributed by atoms with Gasteiger partial charge in [0.2, 0.25) is 18.6 Å². The molecule has 0 bridgehead atoms. The highest BCUT2D eigenvalue weighted by molar-refractivity contribution is 5.76. The van der Waals surface area contributed by atoms with Crippen LogP contribution in [0.5, 0.6) is 11.5 Å². The van der Waals surface area contributed by atoms with E-state index < -0.39 is 0 Å². The zero-order valence-corrected chi connectivity index (χ0v) is 15.7. The second-order valence-electron chi connectivity index (χ2n) is 6.86. The molecule has 0 unspecified atom stereocenters. The van der Waals surface area contributed by atoms with Crippen LogP contribution in [0, 0.1) is 18.3 Å². The summed E-state index contributed by atoms with van der Waals surface area (Å²) in [5.74, 6) is 2.20. The SMILES string of the molecule is Cc1cc(C#N)nc(N2CCN(C(=O)CCc3ccc4c(c3)OCO4)CC2)n1. The number of ether oxygens (including phenoxy) is 2. The number of rotatable bonds is 4. The van der Waals surface area contributed by atoms with Gasteiger partial charge < -0.3 is 19.3 Å². The van der Waals surface area contributed by atoms with E-state index in [2.05, 4.69) is 16.0 Å². The van der Waals surface area contributed by atoms with Crippen molar-refractivity contribution in [3.63, 3.8) is 0 Å². The standard InChI is InChI=1S/C20H21N5O3/c1-14-10-16(12-21)23-20(22-14)25-8-6-24(7-9-25)19(26)5-3-15-2-4-17-18(11-15)28-13-27-17/h2,4,10-11H,3,5-9,13H2,1H3. The average Bonchev–Trinajstić information content (AvgIpc) is 3.19. The van der Waals surface area contributed by atoms with E-state index in [9.17, 15) is 4.79 Å². The number of benzene rings is 1. The van der Waals surface area contributed by atoms with Gasteiger partial charge in [-0.2, -0.15) is 5.26 Å². The molecule has 0 radical (unpaired) electrons. The lowest BCUT2D eigenvalue weighted by molar-refractivity contribution is -0.131. The molecule has 2 aromatic rings. The van der Waals surface area contributed by atoms with Crippen LogP contribution in [0.4, 0.5) is 5.95 Å². The maximum Gasteiger partial charge on any atom is 0.231 e. The van der Waals surface area contributed by atoms with Crippen molar-refractivity contribution in [2.45, 2.75) is 19.8 Å². The van der Waals surface area contributed by atoms with Crippen molar-refractivity contribution < 1.29 is 14.3 Å². The topological polar surface area (TPSA) is 91.6 Å². The number of aromatic nitrogens is 2. The van der Waals surface area contributed by atoms with Crippen molar-refractivity contribution in [3.8, 4) is 17.6 Å². The summed E-state index contributed by atoms with van der Waals surface area (Å²) in [5.41, 5.74) is 2.20. The number of piperazine rings is 1. The summed E-state index contributed by atoms with van der Waals surface area (Å²) in [6.07, 6.45) is 1.13. The number of nitrogens with zero attached hydrogens (tertiary/aromatic N) is 5. The van der Waals surface area contributed by atoms with Crippen LogP contribution in [0.1, 0.15) is 23.4 Å². The summed E-state index contributed by atoms with van der Waals surface area (Å²) in [7, 11) is 0. The first-order chi connectivity index (χ1) is 13.6. The maximum absolute atomic E-state index is 12.6. The molecule has 28 heavy (non-hydrogen) atoms. The van der Waals surface area contributed by atoms with E-state index in [1.807, 2.05) is 34.9 Å². The molecular weight excluding hydrogens is 358 g/mol. The summed E-state index contributed by atoms with van der Waals surface area (Å²) in [4.78, 5) is 25.2. The fourth-order valence-corrected chi connectivity index (χ4v) is 3.41. The van der Waals surface area contributed by atoms with Crippen LogP contribution in [0.2, 0.25) is 0 Å². The molecule has 144 valence electrons. The highest BCUT2D eigenvalue weighted by Crippen LogP contribution is 2.32. The van der Waals surface area contributed by atoms with Gasteiger partial charge in [-0.15, -0.1) is 0 Å². The second-order valence-corrected chi connectivity index (χ2v) is 6.86. The molecule has 0 saturated carbocycles. The number of hydrogen-bond donors (Lipinski definition) is 0. The van der Waals surface area contributed by atoms with E-state index in [-0.39, 0.29) is 12.7 Å². The summed E-state index contributed by atoms with van der Waals surface area (Å²) >= 11 is 0. The fourth-order valence-electron chi connectivity index (χ4n) is 3.41. The molecule has 0 atom stereocenters. The molecule has 4 rings (SSSR count). The summed E-state index contributed by atoms with van der Waals surface area (Å²) in [6, 6.07) is 9.53. The third-order valence-electron chi connectivity index (χ3n) is 4.94. The lowest BCUT2D eigenvalue weighted by Gasteiger charge is -2.35. The molecule has 1 saturated heterocycles. The van der Waals surface area contributed by atoms with Crippen LogP contribution in [0.25, 0.3) is 0 Å². The number of fused-ring (bicyclic) bond motifs is 1. The van der Waals surface area contributed by atoms with Gasteiger partial charge in [-0.25, -0.2) is 9.97 Å². The minimum absolute atomic E-state index is 0.139. The van der Waals surface area contributed by atoms with E-state index in [0.717, 1.165) is 22.8 Å². The zero-order chi connectivity index (χ0) is 19.5. The van der Waals surface area contributed by atoms with Crippen molar-refractivity contribution in [1.29, 1.82) is 5.26 Å². The minimum Gasteiger partial charge on any atom is -0.454 e. The van der Waals surface area contributed by atoms with Crippen molar-refractivity contribution >= 4 is 11.9 Å². The second kappa shape index (κ2) is 7.72. The van der Waals surface area contributed by atoms with Crippen LogP contribution < -0.4 is 14.4 Å². The van der Waals surface area contributed by atoms with Crippen molar-refractivity contribution in [2.75, 3.05) is 37.9 Å². The normalized spacial score (nSPS) is 15.4. The van der Waals surface area contributed by atoms with Crippen molar-refractivity contribution in [3.05, 3.63) is 41.2 Å². The number of hydrogen-bond acceptors (Lipinski definition) is 7. The molecule has 0 aliphatic carbocycles. The number of carbonyl (C=O) groups excluding carboxylic acids is 1. The highest BCUT2D eigenvalue weighted by Gasteiger charge is 2.23. The third-order valence-corrected chi connectivity index (χ3v) is 4.94. The van der Waals surface area contributed by atoms with Crippen LogP contribution in [-0.2, 0) is 11.2 Å². The Bertz CT molecular complexity index is 932. The fraction of sp³-hybridized carbons (Fsp3) is 0.400. The monoisotopic (exact) mass is 379 g/mol. The molecule has 1 fully saturated rings. The lowest BCUT2D eigenvalue weighted by Crippen LogP contribution is -2.49. The predicted molar refractivity (Wildman–Crippen MR) is 101 cm³/mol. The van der Waals surface area contributed by atoms with Gasteiger partial charge in [0.15, 0.2) is 11.5 Å². The Morgan fingerprint density at radius 3 is 2.71 bits per heavy atom. The average molecular weight is 379 g/mol. The number of amides is 1. The van der Waals surface area contributed by atoms with E-state index >= 15 is 0 Å². The molecule has 0 spiro atoms. The van der Waals surface area contributed by atoms with Crippen LogP contribution >= 0.6 is 0 Å². The van der Waals surface area contributed by atoms with Gasteiger partial charge >= 0.3 is 0 Å². The molecule has 1 amide bonds. The van der Waals surface area contributed by atoms with Crippen LogP contribution in [-0.4, -0.2) is 53.7 Å². The first-order valence-corrected chi connectivity index (χ1v) is 9.29. The van der Waals surface area contributed by atoms with Gasteiger partial charge in [0.05, 0.1) is 0 Å². The number of nitriles is 1. The summed E-state index contributed by atoms with van der Waals surface area (Å²) in [6.45, 7) is 4.66. The van der Waals surface area contributed by atoms with E-state index in [1.54, 1.807) is 6.07 Å². The van der Waals surface area contributed by atoms with Crippen LogP contribution in [0.3, 0.4) is 0 Å². The number of anilines is 1. The Hall–Kier alpha value is -3.34. The summed E-state index contributed by atoms with van der Waals surface area (Å²) < 4.78 is 10.7. The minimum atomic E-state index is 0.139. The molecule has 8 heteroatoms. The lowest BCUT2D eigenvalue weighted by atomic mass is 10.1. The Labute approximate surface area is 163 Å². The largest absolute Gasteiger partial charge is 0.454 e. The van der Waals surface area contributed by atoms with Gasteiger partial charge in [0.25, 0.3) is 0 Å². The van der Waals surface area contributed by atoms with E-state index in [0.29, 0.717) is 50.7 Å². The van der Waals surface area contributed by atoms with Crippen molar-refractivity contribution in [2.24, 2.45) is 0 Å². The molecule has 2 aliphatic rings. The van der Waals surface area contributed by atoms with Gasteiger partial charge in [-0.1, -0.05) is 6.07 Å². The van der Waals surface area contributed by atoms with E-state index in [4.69, 9.17) is 14.7 Å². The van der Waals surface area contributed by atoms with Gasteiger partial charge in [-0.3, -0.25) is 4.79 Å². The number of aryl methyl sites for hydroxylation is 2. The predicted octanol–water partition coefficient (Wildman–Crippen LogP) is 1.67. The number of carbonyl (C=O) groups is 1. The smallest absolute Gasteiger partial charge is 0.231 e. The first kappa shape index (κ1) is 18.0. The Kier molecular flexibility index (Phi) is 4.98. The Morgan fingerprint density at radius 1 is 1.14 bits per heavy atom. The summed E-state index contributed by atoms with van der Waals surface area (Å²) in [5, 5.41) is 9.08. The molecule has 1 aromatic carbocycles. The highest BCUT2D eigenvalue weighted by atomic mass is 16.7. The maximum atomic E-state index is 12.6. The zero-order valence-electron chi connectivity index (χ0n) is 15.7. The molecule has 3 heterocycles. The molecule has 2 aliphatic heterocycles. The van der Waals surface area contributed by atoms with Gasteiger partial charge in [0, 0.05) is 38.3 Å². The third kappa shape index (κ3) is 3.83. The van der Waals surface area contributed by atoms with E-state index in [1.165, 1.54) is 0 Å².